The van der Waals surface area contributed by atoms with E-state index in [0.29, 0.717) is 17.5 Å². The minimum atomic E-state index is -0.0312. The van der Waals surface area contributed by atoms with E-state index < -0.39 is 0 Å². The van der Waals surface area contributed by atoms with E-state index >= 15 is 0 Å². The first-order valence-corrected chi connectivity index (χ1v) is 10.2. The summed E-state index contributed by atoms with van der Waals surface area (Å²) in [5, 5.41) is 8.48. The monoisotopic (exact) mass is 423 g/mol. The van der Waals surface area contributed by atoms with Gasteiger partial charge in [-0.1, -0.05) is 47.7 Å². The Hall–Kier alpha value is -2.70. The fourth-order valence-corrected chi connectivity index (χ4v) is 4.82. The molecule has 1 amide bonds. The maximum atomic E-state index is 13.1. The molecule has 2 aliphatic rings. The Morgan fingerprint density at radius 1 is 1.00 bits per heavy atom. The van der Waals surface area contributed by atoms with E-state index in [9.17, 15) is 4.79 Å². The van der Waals surface area contributed by atoms with Gasteiger partial charge in [-0.05, 0) is 54.9 Å². The number of carbonyl (C=O) groups excluding carboxylic acids is 1. The first-order chi connectivity index (χ1) is 14.1. The second-order valence-electron chi connectivity index (χ2n) is 8.22. The van der Waals surface area contributed by atoms with Crippen molar-refractivity contribution >= 4 is 18.3 Å². The van der Waals surface area contributed by atoms with Crippen molar-refractivity contribution < 1.29 is 4.79 Å². The molecule has 0 spiro atoms. The van der Waals surface area contributed by atoms with Gasteiger partial charge in [0.05, 0.1) is 11.4 Å². The van der Waals surface area contributed by atoms with Crippen LogP contribution in [0.3, 0.4) is 0 Å². The van der Waals surface area contributed by atoms with Gasteiger partial charge in [0.2, 0.25) is 0 Å². The summed E-state index contributed by atoms with van der Waals surface area (Å²) in [4.78, 5) is 15.0. The van der Waals surface area contributed by atoms with Gasteiger partial charge in [0.1, 0.15) is 0 Å². The second kappa shape index (κ2) is 8.20. The van der Waals surface area contributed by atoms with Gasteiger partial charge in [-0.25, -0.2) is 4.68 Å². The lowest BCUT2D eigenvalue weighted by molar-refractivity contribution is 0.0773. The van der Waals surface area contributed by atoms with Crippen molar-refractivity contribution in [1.82, 2.24) is 19.9 Å². The predicted molar refractivity (Wildman–Crippen MR) is 119 cm³/mol. The number of hydrogen-bond acceptors (Lipinski definition) is 4. The van der Waals surface area contributed by atoms with Crippen LogP contribution < -0.4 is 5.73 Å². The van der Waals surface area contributed by atoms with Crippen molar-refractivity contribution in [3.05, 3.63) is 66.0 Å². The molecule has 1 aromatic heterocycles. The van der Waals surface area contributed by atoms with Crippen molar-refractivity contribution in [2.75, 3.05) is 13.1 Å². The molecule has 0 radical (unpaired) electrons. The molecule has 2 fully saturated rings. The third kappa shape index (κ3) is 3.50. The van der Waals surface area contributed by atoms with Gasteiger partial charge in [-0.3, -0.25) is 4.79 Å². The van der Waals surface area contributed by atoms with Gasteiger partial charge >= 0.3 is 0 Å². The average molecular weight is 424 g/mol. The predicted octanol–water partition coefficient (Wildman–Crippen LogP) is 3.47. The van der Waals surface area contributed by atoms with Crippen LogP contribution in [0, 0.1) is 18.8 Å². The SMILES string of the molecule is Cc1c(C(=O)N2CC3CCC(N)C3C2)nnn1-c1ccc(-c2ccccc2)cc1.Cl. The molecule has 3 unspecified atom stereocenters. The van der Waals surface area contributed by atoms with Crippen LogP contribution in [0.4, 0.5) is 0 Å². The van der Waals surface area contributed by atoms with E-state index in [-0.39, 0.29) is 24.4 Å². The van der Waals surface area contributed by atoms with E-state index in [0.717, 1.165) is 42.9 Å². The molecule has 30 heavy (non-hydrogen) atoms. The van der Waals surface area contributed by atoms with Gasteiger partial charge in [-0.2, -0.15) is 0 Å². The molecule has 6 nitrogen and oxygen atoms in total. The molecule has 7 heteroatoms. The number of benzene rings is 2. The minimum absolute atomic E-state index is 0. The Morgan fingerprint density at radius 3 is 2.40 bits per heavy atom. The molecule has 1 saturated heterocycles. The number of likely N-dealkylation sites (tertiary alicyclic amines) is 1. The zero-order valence-electron chi connectivity index (χ0n) is 16.9. The number of halogens is 1. The summed E-state index contributed by atoms with van der Waals surface area (Å²) in [5.41, 5.74) is 10.6. The fraction of sp³-hybridized carbons (Fsp3) is 0.348. The molecule has 1 saturated carbocycles. The van der Waals surface area contributed by atoms with Crippen LogP contribution in [0.5, 0.6) is 0 Å². The van der Waals surface area contributed by atoms with Crippen molar-refractivity contribution in [1.29, 1.82) is 0 Å². The number of amides is 1. The highest BCUT2D eigenvalue weighted by Gasteiger charge is 2.43. The number of nitrogens with zero attached hydrogens (tertiary/aromatic N) is 4. The minimum Gasteiger partial charge on any atom is -0.337 e. The fourth-order valence-electron chi connectivity index (χ4n) is 4.82. The number of nitrogens with two attached hydrogens (primary N) is 1. The Kier molecular flexibility index (Phi) is 5.62. The molecule has 1 aliphatic heterocycles. The topological polar surface area (TPSA) is 77.0 Å². The molecular formula is C23H26ClN5O. The highest BCUT2D eigenvalue weighted by atomic mass is 35.5. The molecule has 5 rings (SSSR count). The lowest BCUT2D eigenvalue weighted by Crippen LogP contribution is -2.34. The van der Waals surface area contributed by atoms with Crippen LogP contribution >= 0.6 is 12.4 Å². The molecular weight excluding hydrogens is 398 g/mol. The Balaban J connectivity index is 0.00000218. The van der Waals surface area contributed by atoms with E-state index in [1.807, 2.05) is 42.2 Å². The van der Waals surface area contributed by atoms with Crippen LogP contribution in [0.2, 0.25) is 0 Å². The summed E-state index contributed by atoms with van der Waals surface area (Å²) in [6.45, 7) is 3.43. The van der Waals surface area contributed by atoms with Gasteiger partial charge in [0.15, 0.2) is 5.69 Å². The van der Waals surface area contributed by atoms with E-state index in [1.165, 1.54) is 5.56 Å². The lowest BCUT2D eigenvalue weighted by Gasteiger charge is -2.17. The quantitative estimate of drug-likeness (QED) is 0.699. The third-order valence-electron chi connectivity index (χ3n) is 6.52. The van der Waals surface area contributed by atoms with Gasteiger partial charge in [0, 0.05) is 19.1 Å². The standard InChI is InChI=1S/C23H25N5O.ClH/c1-15-22(23(29)27-13-18-9-12-21(24)20(18)14-27)25-26-28(15)19-10-7-17(8-11-19)16-5-3-2-4-6-16;/h2-8,10-11,18,20-21H,9,12-14,24H2,1H3;1H. The molecule has 3 aromatic rings. The van der Waals surface area contributed by atoms with Crippen LogP contribution in [-0.4, -0.2) is 44.9 Å². The molecule has 2 N–H and O–H groups in total. The summed E-state index contributed by atoms with van der Waals surface area (Å²) >= 11 is 0. The Bertz CT molecular complexity index is 1030. The summed E-state index contributed by atoms with van der Waals surface area (Å²) in [5.74, 6) is 0.936. The maximum absolute atomic E-state index is 13.1. The Morgan fingerprint density at radius 2 is 1.70 bits per heavy atom. The zero-order chi connectivity index (χ0) is 20.0. The molecule has 0 bridgehead atoms. The first-order valence-electron chi connectivity index (χ1n) is 10.2. The first kappa shape index (κ1) is 20.6. The molecule has 2 heterocycles. The summed E-state index contributed by atoms with van der Waals surface area (Å²) in [6.07, 6.45) is 2.20. The number of aromatic nitrogens is 3. The molecule has 1 aliphatic carbocycles. The number of rotatable bonds is 3. The summed E-state index contributed by atoms with van der Waals surface area (Å²) in [6, 6.07) is 18.6. The number of carbonyl (C=O) groups is 1. The van der Waals surface area contributed by atoms with E-state index in [1.54, 1.807) is 4.68 Å². The normalized spacial score (nSPS) is 22.6. The molecule has 156 valence electrons. The zero-order valence-corrected chi connectivity index (χ0v) is 17.8. The third-order valence-corrected chi connectivity index (χ3v) is 6.52. The molecule has 3 atom stereocenters. The highest BCUT2D eigenvalue weighted by molar-refractivity contribution is 5.93. The van der Waals surface area contributed by atoms with Crippen molar-refractivity contribution in [3.63, 3.8) is 0 Å². The number of fused-ring (bicyclic) bond motifs is 1. The van der Waals surface area contributed by atoms with Crippen molar-refractivity contribution in [3.8, 4) is 16.8 Å². The summed E-state index contributed by atoms with van der Waals surface area (Å²) in [7, 11) is 0. The van der Waals surface area contributed by atoms with Crippen molar-refractivity contribution in [2.45, 2.75) is 25.8 Å². The van der Waals surface area contributed by atoms with Crippen LogP contribution in [0.15, 0.2) is 54.6 Å². The van der Waals surface area contributed by atoms with Crippen LogP contribution in [-0.2, 0) is 0 Å². The average Bonchev–Trinajstić information content (AvgIpc) is 3.44. The number of hydrogen-bond donors (Lipinski definition) is 1. The van der Waals surface area contributed by atoms with Gasteiger partial charge in [0.25, 0.3) is 5.91 Å². The molecule has 2 aromatic carbocycles. The summed E-state index contributed by atoms with van der Waals surface area (Å²) < 4.78 is 1.74. The maximum Gasteiger partial charge on any atom is 0.276 e. The van der Waals surface area contributed by atoms with E-state index in [2.05, 4.69) is 34.6 Å². The van der Waals surface area contributed by atoms with Gasteiger partial charge < -0.3 is 10.6 Å². The largest absolute Gasteiger partial charge is 0.337 e. The smallest absolute Gasteiger partial charge is 0.276 e. The lowest BCUT2D eigenvalue weighted by atomic mass is 9.98. The van der Waals surface area contributed by atoms with Crippen LogP contribution in [0.1, 0.15) is 29.0 Å². The van der Waals surface area contributed by atoms with E-state index in [4.69, 9.17) is 5.73 Å². The second-order valence-corrected chi connectivity index (χ2v) is 8.22. The van der Waals surface area contributed by atoms with Gasteiger partial charge in [-0.15, -0.1) is 17.5 Å². The van der Waals surface area contributed by atoms with Crippen LogP contribution in [0.25, 0.3) is 16.8 Å². The Labute approximate surface area is 182 Å². The van der Waals surface area contributed by atoms with Crippen molar-refractivity contribution in [2.24, 2.45) is 17.6 Å². The highest BCUT2D eigenvalue weighted by Crippen LogP contribution is 2.37.